The van der Waals surface area contributed by atoms with Crippen molar-refractivity contribution in [2.75, 3.05) is 39.2 Å². The summed E-state index contributed by atoms with van der Waals surface area (Å²) in [6.45, 7) is 5.18. The molecule has 0 unspecified atom stereocenters. The summed E-state index contributed by atoms with van der Waals surface area (Å²) in [4.78, 5) is 27.0. The van der Waals surface area contributed by atoms with E-state index < -0.39 is 0 Å². The Kier molecular flexibility index (Phi) is 7.68. The van der Waals surface area contributed by atoms with Gasteiger partial charge in [0.15, 0.2) is 0 Å². The fourth-order valence-electron chi connectivity index (χ4n) is 2.46. The zero-order valence-electron chi connectivity index (χ0n) is 15.4. The van der Waals surface area contributed by atoms with E-state index in [1.54, 1.807) is 24.3 Å². The Balaban J connectivity index is 2.27. The summed E-state index contributed by atoms with van der Waals surface area (Å²) in [6, 6.07) is 7.17. The van der Waals surface area contributed by atoms with Gasteiger partial charge in [0.05, 0.1) is 36.8 Å². The molecule has 0 radical (unpaired) electrons. The Morgan fingerprint density at radius 1 is 1.15 bits per heavy atom. The molecular formula is C19H25NO5S. The molecule has 6 nitrogen and oxygen atoms in total. The van der Waals surface area contributed by atoms with Crippen molar-refractivity contribution in [3.8, 4) is 5.75 Å². The van der Waals surface area contributed by atoms with Gasteiger partial charge in [-0.3, -0.25) is 14.5 Å². The number of carbonyl (C=O) groups is 2. The van der Waals surface area contributed by atoms with Crippen molar-refractivity contribution in [3.05, 3.63) is 34.7 Å². The van der Waals surface area contributed by atoms with E-state index in [0.29, 0.717) is 34.3 Å². The molecule has 1 N–H and O–H groups in total. The average molecular weight is 379 g/mol. The number of thioether (sulfide) groups is 1. The number of aliphatic hydroxyl groups excluding tert-OH is 1. The van der Waals surface area contributed by atoms with Crippen molar-refractivity contribution in [2.45, 2.75) is 13.8 Å². The van der Waals surface area contributed by atoms with E-state index in [2.05, 4.69) is 13.8 Å². The molecule has 142 valence electrons. The Morgan fingerprint density at radius 2 is 1.85 bits per heavy atom. The standard InChI is InChI=1S/C19H25NO5S/c1-13(2)12-25-15-6-4-14(5-7-15)16-17(26-11-9-21)19(23)20(18(16)22)8-10-24-3/h4-7,13,21H,8-12H2,1-3H3. The quantitative estimate of drug-likeness (QED) is 0.628. The number of aliphatic hydroxyl groups is 1. The van der Waals surface area contributed by atoms with Crippen molar-refractivity contribution < 1.29 is 24.2 Å². The number of ether oxygens (including phenoxy) is 2. The second kappa shape index (κ2) is 9.75. The molecule has 1 aliphatic heterocycles. The molecule has 0 aromatic heterocycles. The lowest BCUT2D eigenvalue weighted by Crippen LogP contribution is -2.34. The van der Waals surface area contributed by atoms with E-state index in [9.17, 15) is 9.59 Å². The highest BCUT2D eigenvalue weighted by Crippen LogP contribution is 2.36. The summed E-state index contributed by atoms with van der Waals surface area (Å²) in [5.41, 5.74) is 1.04. The Morgan fingerprint density at radius 3 is 2.42 bits per heavy atom. The van der Waals surface area contributed by atoms with Crippen LogP contribution in [0.4, 0.5) is 0 Å². The zero-order chi connectivity index (χ0) is 19.1. The first-order chi connectivity index (χ1) is 12.5. The number of methoxy groups -OCH3 is 1. The lowest BCUT2D eigenvalue weighted by Gasteiger charge is -2.14. The van der Waals surface area contributed by atoms with Crippen molar-refractivity contribution in [1.82, 2.24) is 4.90 Å². The van der Waals surface area contributed by atoms with E-state index in [4.69, 9.17) is 14.6 Å². The normalized spacial score (nSPS) is 14.7. The molecule has 0 fully saturated rings. The van der Waals surface area contributed by atoms with Crippen molar-refractivity contribution >= 4 is 29.1 Å². The van der Waals surface area contributed by atoms with E-state index in [0.717, 1.165) is 5.75 Å². The third-order valence-corrected chi connectivity index (χ3v) is 4.76. The predicted octanol–water partition coefficient (Wildman–Crippen LogP) is 2.17. The number of amides is 2. The van der Waals surface area contributed by atoms with E-state index in [-0.39, 0.29) is 31.6 Å². The summed E-state index contributed by atoms with van der Waals surface area (Å²) in [6.07, 6.45) is 0. The number of hydrogen-bond donors (Lipinski definition) is 1. The van der Waals surface area contributed by atoms with Crippen LogP contribution in [-0.4, -0.2) is 61.0 Å². The first kappa shape index (κ1) is 20.5. The zero-order valence-corrected chi connectivity index (χ0v) is 16.2. The highest BCUT2D eigenvalue weighted by Gasteiger charge is 2.38. The third kappa shape index (κ3) is 4.87. The molecule has 1 heterocycles. The summed E-state index contributed by atoms with van der Waals surface area (Å²) in [5.74, 6) is 0.831. The number of benzene rings is 1. The number of nitrogens with zero attached hydrogens (tertiary/aromatic N) is 1. The maximum absolute atomic E-state index is 12.8. The Bertz CT molecular complexity index is 669. The number of imide groups is 1. The molecule has 1 aromatic rings. The van der Waals surface area contributed by atoms with Gasteiger partial charge in [-0.2, -0.15) is 0 Å². The fraction of sp³-hybridized carbons (Fsp3) is 0.474. The maximum atomic E-state index is 12.8. The second-order valence-electron chi connectivity index (χ2n) is 6.26. The minimum atomic E-state index is -0.333. The summed E-state index contributed by atoms with van der Waals surface area (Å²) >= 11 is 1.20. The molecule has 26 heavy (non-hydrogen) atoms. The summed E-state index contributed by atoms with van der Waals surface area (Å²) in [7, 11) is 1.52. The van der Waals surface area contributed by atoms with E-state index in [1.807, 2.05) is 0 Å². The molecule has 2 rings (SSSR count). The summed E-state index contributed by atoms with van der Waals surface area (Å²) in [5, 5.41) is 9.09. The van der Waals surface area contributed by atoms with Crippen LogP contribution in [0.1, 0.15) is 19.4 Å². The van der Waals surface area contributed by atoms with Crippen LogP contribution in [0.25, 0.3) is 5.57 Å². The van der Waals surface area contributed by atoms with Crippen LogP contribution in [0.2, 0.25) is 0 Å². The van der Waals surface area contributed by atoms with Gasteiger partial charge in [-0.15, -0.1) is 11.8 Å². The first-order valence-corrected chi connectivity index (χ1v) is 9.54. The maximum Gasteiger partial charge on any atom is 0.268 e. The molecule has 0 bridgehead atoms. The van der Waals surface area contributed by atoms with Gasteiger partial charge >= 0.3 is 0 Å². The third-order valence-electron chi connectivity index (χ3n) is 3.71. The average Bonchev–Trinajstić information content (AvgIpc) is 2.86. The molecule has 0 atom stereocenters. The molecule has 7 heteroatoms. The molecule has 1 aliphatic rings. The molecular weight excluding hydrogens is 354 g/mol. The van der Waals surface area contributed by atoms with Crippen molar-refractivity contribution in [1.29, 1.82) is 0 Å². The van der Waals surface area contributed by atoms with Crippen LogP contribution in [0, 0.1) is 5.92 Å². The monoisotopic (exact) mass is 379 g/mol. The SMILES string of the molecule is COCCN1C(=O)C(SCCO)=C(c2ccc(OCC(C)C)cc2)C1=O. The number of carbonyl (C=O) groups excluding carboxylic acids is 2. The Labute approximate surface area is 158 Å². The minimum Gasteiger partial charge on any atom is -0.493 e. The van der Waals surface area contributed by atoms with Gasteiger partial charge in [0.25, 0.3) is 11.8 Å². The molecule has 0 saturated carbocycles. The molecule has 0 aliphatic carbocycles. The van der Waals surface area contributed by atoms with E-state index >= 15 is 0 Å². The molecule has 1 aromatic carbocycles. The van der Waals surface area contributed by atoms with Crippen molar-refractivity contribution in [2.24, 2.45) is 5.92 Å². The van der Waals surface area contributed by atoms with E-state index in [1.165, 1.54) is 23.8 Å². The lowest BCUT2D eigenvalue weighted by molar-refractivity contribution is -0.137. The van der Waals surface area contributed by atoms with Crippen LogP contribution >= 0.6 is 11.8 Å². The van der Waals surface area contributed by atoms with Crippen LogP contribution in [0.5, 0.6) is 5.75 Å². The fourth-order valence-corrected chi connectivity index (χ4v) is 3.33. The number of rotatable bonds is 10. The van der Waals surface area contributed by atoms with Gasteiger partial charge in [0.2, 0.25) is 0 Å². The second-order valence-corrected chi connectivity index (χ2v) is 7.37. The van der Waals surface area contributed by atoms with Gasteiger partial charge in [-0.05, 0) is 23.6 Å². The van der Waals surface area contributed by atoms with Crippen LogP contribution in [0.15, 0.2) is 29.2 Å². The highest BCUT2D eigenvalue weighted by molar-refractivity contribution is 8.04. The smallest absolute Gasteiger partial charge is 0.268 e. The minimum absolute atomic E-state index is 0.0665. The largest absolute Gasteiger partial charge is 0.493 e. The van der Waals surface area contributed by atoms with Gasteiger partial charge in [-0.25, -0.2) is 0 Å². The van der Waals surface area contributed by atoms with Gasteiger partial charge < -0.3 is 14.6 Å². The van der Waals surface area contributed by atoms with Gasteiger partial charge in [-0.1, -0.05) is 26.0 Å². The Hall–Kier alpha value is -1.83. The lowest BCUT2D eigenvalue weighted by atomic mass is 10.1. The van der Waals surface area contributed by atoms with Crippen molar-refractivity contribution in [3.63, 3.8) is 0 Å². The molecule has 0 saturated heterocycles. The van der Waals surface area contributed by atoms with Gasteiger partial charge in [0.1, 0.15) is 5.75 Å². The van der Waals surface area contributed by atoms with Crippen LogP contribution in [0.3, 0.4) is 0 Å². The highest BCUT2D eigenvalue weighted by atomic mass is 32.2. The topological polar surface area (TPSA) is 76.1 Å². The summed E-state index contributed by atoms with van der Waals surface area (Å²) < 4.78 is 10.7. The van der Waals surface area contributed by atoms with Gasteiger partial charge in [0, 0.05) is 12.9 Å². The van der Waals surface area contributed by atoms with Crippen LogP contribution in [-0.2, 0) is 14.3 Å². The van der Waals surface area contributed by atoms with Crippen LogP contribution < -0.4 is 4.74 Å². The molecule has 0 spiro atoms. The predicted molar refractivity (Wildman–Crippen MR) is 102 cm³/mol. The molecule has 2 amide bonds. The number of hydrogen-bond acceptors (Lipinski definition) is 6. The first-order valence-electron chi connectivity index (χ1n) is 8.55.